The van der Waals surface area contributed by atoms with Crippen LogP contribution in [0.2, 0.25) is 0 Å². The number of carbonyl (C=O) groups is 4. The number of carboxylic acid groups (broad SMARTS) is 1. The highest BCUT2D eigenvalue weighted by atomic mass is 16.4. The molecular formula is C11H20N4O5. The summed E-state index contributed by atoms with van der Waals surface area (Å²) < 4.78 is 0. The minimum absolute atomic E-state index is 0.254. The number of amides is 4. The zero-order valence-corrected chi connectivity index (χ0v) is 11.5. The highest BCUT2D eigenvalue weighted by Gasteiger charge is 2.22. The molecule has 9 nitrogen and oxygen atoms in total. The molecule has 20 heavy (non-hydrogen) atoms. The Balaban J connectivity index is 4.30. The summed E-state index contributed by atoms with van der Waals surface area (Å²) in [5, 5.41) is 13.1. The predicted molar refractivity (Wildman–Crippen MR) is 69.7 cm³/mol. The third-order valence-electron chi connectivity index (χ3n) is 2.53. The Labute approximate surface area is 116 Å². The van der Waals surface area contributed by atoms with Crippen LogP contribution in [0.25, 0.3) is 0 Å². The third-order valence-corrected chi connectivity index (χ3v) is 2.53. The summed E-state index contributed by atoms with van der Waals surface area (Å²) in [6.07, 6.45) is -0.521. The number of nitrogens with two attached hydrogens (primary N) is 1. The average molecular weight is 288 g/mol. The van der Waals surface area contributed by atoms with E-state index >= 15 is 0 Å². The zero-order valence-electron chi connectivity index (χ0n) is 11.5. The molecule has 114 valence electrons. The van der Waals surface area contributed by atoms with E-state index < -0.39 is 30.4 Å². The second kappa shape index (κ2) is 8.73. The van der Waals surface area contributed by atoms with Gasteiger partial charge >= 0.3 is 12.0 Å². The van der Waals surface area contributed by atoms with Gasteiger partial charge in [0, 0.05) is 13.1 Å². The highest BCUT2D eigenvalue weighted by molar-refractivity contribution is 5.89. The molecule has 0 radical (unpaired) electrons. The van der Waals surface area contributed by atoms with Crippen molar-refractivity contribution < 1.29 is 24.3 Å². The minimum atomic E-state index is -1.42. The summed E-state index contributed by atoms with van der Waals surface area (Å²) in [7, 11) is 0. The molecule has 0 heterocycles. The molecule has 0 rings (SSSR count). The largest absolute Gasteiger partial charge is 0.480 e. The SMILES string of the molecule is CCN(CC)C(=O)CNC(=O)N[C@@H](CC(N)=O)C(=O)O. The first-order valence-electron chi connectivity index (χ1n) is 6.15. The quantitative estimate of drug-likeness (QED) is 0.429. The number of carbonyl (C=O) groups excluding carboxylic acids is 3. The molecule has 0 aliphatic rings. The molecule has 0 aromatic heterocycles. The van der Waals surface area contributed by atoms with Crippen LogP contribution in [-0.2, 0) is 14.4 Å². The van der Waals surface area contributed by atoms with Gasteiger partial charge < -0.3 is 26.4 Å². The molecule has 0 saturated carbocycles. The number of likely N-dealkylation sites (N-methyl/N-ethyl adjacent to an activating group) is 1. The summed E-state index contributed by atoms with van der Waals surface area (Å²) in [6.45, 7) is 4.37. The van der Waals surface area contributed by atoms with Crippen LogP contribution in [0, 0.1) is 0 Å². The van der Waals surface area contributed by atoms with Crippen molar-refractivity contribution >= 4 is 23.8 Å². The van der Waals surface area contributed by atoms with Crippen LogP contribution in [0.1, 0.15) is 20.3 Å². The van der Waals surface area contributed by atoms with Crippen molar-refractivity contribution in [3.05, 3.63) is 0 Å². The molecule has 0 bridgehead atoms. The second-order valence-corrected chi connectivity index (χ2v) is 3.95. The van der Waals surface area contributed by atoms with Crippen molar-refractivity contribution in [3.63, 3.8) is 0 Å². The third kappa shape index (κ3) is 6.57. The molecular weight excluding hydrogens is 268 g/mol. The number of primary amides is 1. The molecule has 0 saturated heterocycles. The molecule has 0 aliphatic heterocycles. The normalized spacial score (nSPS) is 11.3. The number of hydrogen-bond donors (Lipinski definition) is 4. The number of rotatable bonds is 8. The van der Waals surface area contributed by atoms with Crippen molar-refractivity contribution in [1.29, 1.82) is 0 Å². The van der Waals surface area contributed by atoms with Crippen LogP contribution in [0.4, 0.5) is 4.79 Å². The number of urea groups is 1. The Morgan fingerprint density at radius 3 is 2.15 bits per heavy atom. The number of nitrogens with zero attached hydrogens (tertiary/aromatic N) is 1. The number of aliphatic carboxylic acids is 1. The van der Waals surface area contributed by atoms with E-state index in [4.69, 9.17) is 10.8 Å². The Morgan fingerprint density at radius 2 is 1.75 bits per heavy atom. The Hall–Kier alpha value is -2.32. The fraction of sp³-hybridized carbons (Fsp3) is 0.636. The van der Waals surface area contributed by atoms with Gasteiger partial charge in [-0.05, 0) is 13.8 Å². The molecule has 1 atom stereocenters. The Kier molecular flexibility index (Phi) is 7.71. The maximum absolute atomic E-state index is 11.6. The second-order valence-electron chi connectivity index (χ2n) is 3.95. The lowest BCUT2D eigenvalue weighted by Gasteiger charge is -2.19. The lowest BCUT2D eigenvalue weighted by molar-refractivity contribution is -0.140. The van der Waals surface area contributed by atoms with E-state index in [0.29, 0.717) is 13.1 Å². The topological polar surface area (TPSA) is 142 Å². The van der Waals surface area contributed by atoms with Gasteiger partial charge in [-0.3, -0.25) is 9.59 Å². The lowest BCUT2D eigenvalue weighted by Crippen LogP contribution is -2.50. The molecule has 0 aromatic carbocycles. The maximum Gasteiger partial charge on any atom is 0.326 e. The summed E-state index contributed by atoms with van der Waals surface area (Å²) >= 11 is 0. The summed E-state index contributed by atoms with van der Waals surface area (Å²) in [4.78, 5) is 46.0. The van der Waals surface area contributed by atoms with E-state index in [1.807, 2.05) is 0 Å². The van der Waals surface area contributed by atoms with Crippen LogP contribution in [0.15, 0.2) is 0 Å². The monoisotopic (exact) mass is 288 g/mol. The standard InChI is InChI=1S/C11H20N4O5/c1-3-15(4-2)9(17)6-13-11(20)14-7(10(18)19)5-8(12)16/h7H,3-6H2,1-2H3,(H2,12,16)(H,18,19)(H2,13,14,20)/t7-/m0/s1. The molecule has 0 unspecified atom stereocenters. The Bertz CT molecular complexity index is 381. The van der Waals surface area contributed by atoms with E-state index in [2.05, 4.69) is 10.6 Å². The number of carboxylic acids is 1. The average Bonchev–Trinajstić information content (AvgIpc) is 2.36. The van der Waals surface area contributed by atoms with Gasteiger partial charge in [0.25, 0.3) is 0 Å². The van der Waals surface area contributed by atoms with Gasteiger partial charge in [0.05, 0.1) is 13.0 Å². The highest BCUT2D eigenvalue weighted by Crippen LogP contribution is 1.92. The van der Waals surface area contributed by atoms with Crippen LogP contribution in [0.5, 0.6) is 0 Å². The fourth-order valence-electron chi connectivity index (χ4n) is 1.45. The zero-order chi connectivity index (χ0) is 15.7. The smallest absolute Gasteiger partial charge is 0.326 e. The lowest BCUT2D eigenvalue weighted by atomic mass is 10.2. The van der Waals surface area contributed by atoms with Crippen molar-refractivity contribution in [3.8, 4) is 0 Å². The van der Waals surface area contributed by atoms with Gasteiger partial charge in [-0.15, -0.1) is 0 Å². The van der Waals surface area contributed by atoms with Gasteiger partial charge in [0.2, 0.25) is 11.8 Å². The van der Waals surface area contributed by atoms with E-state index in [1.54, 1.807) is 13.8 Å². The van der Waals surface area contributed by atoms with E-state index in [0.717, 1.165) is 0 Å². The van der Waals surface area contributed by atoms with Crippen LogP contribution in [0.3, 0.4) is 0 Å². The van der Waals surface area contributed by atoms with Crippen molar-refractivity contribution in [2.75, 3.05) is 19.6 Å². The van der Waals surface area contributed by atoms with Gasteiger partial charge in [0.1, 0.15) is 6.04 Å². The van der Waals surface area contributed by atoms with Gasteiger partial charge in [-0.1, -0.05) is 0 Å². The fourth-order valence-corrected chi connectivity index (χ4v) is 1.45. The number of nitrogens with one attached hydrogen (secondary N) is 2. The first-order chi connectivity index (χ1) is 9.31. The van der Waals surface area contributed by atoms with Crippen LogP contribution < -0.4 is 16.4 Å². The van der Waals surface area contributed by atoms with Gasteiger partial charge in [-0.25, -0.2) is 9.59 Å². The first kappa shape index (κ1) is 17.7. The van der Waals surface area contributed by atoms with E-state index in [9.17, 15) is 19.2 Å². The summed E-state index contributed by atoms with van der Waals surface area (Å²) in [5.41, 5.74) is 4.87. The Morgan fingerprint density at radius 1 is 1.20 bits per heavy atom. The van der Waals surface area contributed by atoms with Crippen LogP contribution >= 0.6 is 0 Å². The van der Waals surface area contributed by atoms with Gasteiger partial charge in [-0.2, -0.15) is 0 Å². The van der Waals surface area contributed by atoms with Gasteiger partial charge in [0.15, 0.2) is 0 Å². The van der Waals surface area contributed by atoms with Crippen molar-refractivity contribution in [2.45, 2.75) is 26.3 Å². The van der Waals surface area contributed by atoms with Crippen molar-refractivity contribution in [2.24, 2.45) is 5.73 Å². The molecule has 0 spiro atoms. The predicted octanol–water partition coefficient (Wildman–Crippen LogP) is -1.52. The van der Waals surface area contributed by atoms with E-state index in [1.165, 1.54) is 4.90 Å². The molecule has 0 aromatic rings. The number of hydrogen-bond acceptors (Lipinski definition) is 4. The molecule has 9 heteroatoms. The summed E-state index contributed by atoms with van der Waals surface area (Å²) in [5.74, 6) is -2.52. The molecule has 4 amide bonds. The van der Waals surface area contributed by atoms with Crippen LogP contribution in [-0.4, -0.2) is 59.5 Å². The van der Waals surface area contributed by atoms with Crippen molar-refractivity contribution in [1.82, 2.24) is 15.5 Å². The minimum Gasteiger partial charge on any atom is -0.480 e. The summed E-state index contributed by atoms with van der Waals surface area (Å²) in [6, 6.07) is -2.27. The molecule has 5 N–H and O–H groups in total. The molecule has 0 fully saturated rings. The molecule has 0 aliphatic carbocycles. The first-order valence-corrected chi connectivity index (χ1v) is 6.15. The maximum atomic E-state index is 11.6. The van der Waals surface area contributed by atoms with E-state index in [-0.39, 0.29) is 12.5 Å².